The minimum absolute atomic E-state index is 0.477. The van der Waals surface area contributed by atoms with Gasteiger partial charge >= 0.3 is 0 Å². The van der Waals surface area contributed by atoms with E-state index >= 15 is 0 Å². The summed E-state index contributed by atoms with van der Waals surface area (Å²) in [4.78, 5) is 12.9. The van der Waals surface area contributed by atoms with Crippen molar-refractivity contribution < 1.29 is 4.87 Å². The summed E-state index contributed by atoms with van der Waals surface area (Å²) in [5.41, 5.74) is 5.38. The minimum Gasteiger partial charge on any atom is -0.151 e. The third kappa shape index (κ3) is 5.04. The van der Waals surface area contributed by atoms with Crippen molar-refractivity contribution in [2.24, 2.45) is 10.2 Å². The average molecular weight is 461 g/mol. The van der Waals surface area contributed by atoms with E-state index in [2.05, 4.69) is 47.5 Å². The van der Waals surface area contributed by atoms with Gasteiger partial charge in [0.1, 0.15) is 5.69 Å². The monoisotopic (exact) mass is 459 g/mol. The first-order chi connectivity index (χ1) is 12.1. The molecule has 0 amide bonds. The smallest absolute Gasteiger partial charge is 0.151 e. The quantitative estimate of drug-likeness (QED) is 0.251. The molecule has 0 unspecified atom stereocenters. The number of halogens is 2. The van der Waals surface area contributed by atoms with Crippen molar-refractivity contribution in [2.75, 3.05) is 5.43 Å². The Kier molecular flexibility index (Phi) is 5.67. The lowest BCUT2D eigenvalue weighted by atomic mass is 10.3. The average Bonchev–Trinajstić information content (AvgIpc) is 2.63. The first-order valence-corrected chi connectivity index (χ1v) is 8.96. The molecule has 0 aromatic heterocycles. The molecule has 0 aliphatic carbocycles. The van der Waals surface area contributed by atoms with Crippen molar-refractivity contribution in [3.05, 3.63) is 86.6 Å². The Bertz CT molecular complexity index is 892. The first-order valence-electron chi connectivity index (χ1n) is 7.37. The Morgan fingerprint density at radius 1 is 0.680 bits per heavy atom. The van der Waals surface area contributed by atoms with Crippen LogP contribution < -0.4 is 5.43 Å². The SMILES string of the molecule is O=[N+](Nc1ccc(Br)cc1)c1ccc(N=Nc2ccc(Br)cc2)cc1. The van der Waals surface area contributed by atoms with Gasteiger partial charge in [0.2, 0.25) is 0 Å². The number of nitrogens with zero attached hydrogens (tertiary/aromatic N) is 3. The van der Waals surface area contributed by atoms with Crippen LogP contribution in [0.4, 0.5) is 22.7 Å². The highest BCUT2D eigenvalue weighted by atomic mass is 79.9. The van der Waals surface area contributed by atoms with Crippen LogP contribution >= 0.6 is 31.9 Å². The summed E-state index contributed by atoms with van der Waals surface area (Å²) < 4.78 is 1.95. The van der Waals surface area contributed by atoms with Crippen molar-refractivity contribution in [3.8, 4) is 0 Å². The van der Waals surface area contributed by atoms with E-state index < -0.39 is 0 Å². The number of nitrogens with one attached hydrogen (secondary N) is 1. The predicted molar refractivity (Wildman–Crippen MR) is 106 cm³/mol. The second kappa shape index (κ2) is 8.13. The van der Waals surface area contributed by atoms with E-state index in [1.807, 2.05) is 48.5 Å². The number of rotatable bonds is 5. The van der Waals surface area contributed by atoms with Crippen molar-refractivity contribution in [1.29, 1.82) is 0 Å². The maximum Gasteiger partial charge on any atom is 0.292 e. The molecule has 0 heterocycles. The molecule has 25 heavy (non-hydrogen) atoms. The van der Waals surface area contributed by atoms with Gasteiger partial charge in [-0.1, -0.05) is 31.9 Å². The zero-order valence-corrected chi connectivity index (χ0v) is 16.1. The van der Waals surface area contributed by atoms with E-state index in [9.17, 15) is 4.91 Å². The first kappa shape index (κ1) is 17.4. The zero-order chi connectivity index (χ0) is 17.6. The van der Waals surface area contributed by atoms with Crippen LogP contribution in [-0.2, 0) is 0 Å². The van der Waals surface area contributed by atoms with E-state index in [0.29, 0.717) is 21.9 Å². The van der Waals surface area contributed by atoms with Crippen LogP contribution in [0.15, 0.2) is 92.0 Å². The molecule has 0 atom stereocenters. The molecular weight excluding hydrogens is 448 g/mol. The predicted octanol–water partition coefficient (Wildman–Crippen LogP) is 7.06. The van der Waals surface area contributed by atoms with Crippen molar-refractivity contribution in [3.63, 3.8) is 0 Å². The van der Waals surface area contributed by atoms with Crippen LogP contribution in [0.1, 0.15) is 0 Å². The summed E-state index contributed by atoms with van der Waals surface area (Å²) in [7, 11) is 0. The van der Waals surface area contributed by atoms with E-state index in [1.54, 1.807) is 24.3 Å². The number of hydrazine groups is 1. The standard InChI is InChI=1S/C18H13Br2N4O/c19-13-1-5-15(6-2-13)21-22-16-9-11-18(12-10-16)24(25)23-17-7-3-14(20)4-8-17/h1-12H,(H,23,25)/q+1. The van der Waals surface area contributed by atoms with E-state index in [0.717, 1.165) is 14.6 Å². The molecule has 0 spiro atoms. The van der Waals surface area contributed by atoms with Crippen LogP contribution in [0.25, 0.3) is 0 Å². The van der Waals surface area contributed by atoms with Gasteiger partial charge in [-0.15, -0.1) is 5.43 Å². The molecule has 0 bridgehead atoms. The second-order valence-electron chi connectivity index (χ2n) is 5.11. The fraction of sp³-hybridized carbons (Fsp3) is 0. The highest BCUT2D eigenvalue weighted by molar-refractivity contribution is 9.10. The third-order valence-electron chi connectivity index (χ3n) is 3.27. The number of hydrogen-bond donors (Lipinski definition) is 1. The molecule has 124 valence electrons. The van der Waals surface area contributed by atoms with Gasteiger partial charge in [-0.25, -0.2) is 0 Å². The molecule has 0 saturated carbocycles. The number of benzene rings is 3. The maximum absolute atomic E-state index is 12.2. The number of nitroso groups, excluding NO2 is 1. The van der Waals surface area contributed by atoms with Crippen LogP contribution in [-0.4, -0.2) is 4.87 Å². The highest BCUT2D eigenvalue weighted by Crippen LogP contribution is 2.23. The number of hydrogen-bond acceptors (Lipinski definition) is 3. The lowest BCUT2D eigenvalue weighted by Crippen LogP contribution is -2.09. The number of anilines is 1. The molecule has 5 nitrogen and oxygen atoms in total. The molecule has 3 aromatic rings. The zero-order valence-electron chi connectivity index (χ0n) is 12.9. The van der Waals surface area contributed by atoms with Gasteiger partial charge in [-0.3, -0.25) is 0 Å². The highest BCUT2D eigenvalue weighted by Gasteiger charge is 2.13. The normalized spacial score (nSPS) is 10.8. The second-order valence-corrected chi connectivity index (χ2v) is 6.94. The summed E-state index contributed by atoms with van der Waals surface area (Å²) in [5.74, 6) is 0. The summed E-state index contributed by atoms with van der Waals surface area (Å²) >= 11 is 6.73. The maximum atomic E-state index is 12.2. The van der Waals surface area contributed by atoms with Crippen molar-refractivity contribution in [2.45, 2.75) is 0 Å². The Hall–Kier alpha value is -2.38. The molecule has 3 rings (SSSR count). The topological polar surface area (TPSA) is 56.8 Å². The molecule has 7 heteroatoms. The minimum atomic E-state index is 0.477. The van der Waals surface area contributed by atoms with Crippen LogP contribution in [0, 0.1) is 4.91 Å². The molecule has 1 N–H and O–H groups in total. The van der Waals surface area contributed by atoms with Gasteiger partial charge < -0.3 is 0 Å². The van der Waals surface area contributed by atoms with Gasteiger partial charge in [0.15, 0.2) is 4.87 Å². The van der Waals surface area contributed by atoms with Gasteiger partial charge in [0.05, 0.1) is 16.3 Å². The molecule has 0 radical (unpaired) electrons. The van der Waals surface area contributed by atoms with E-state index in [4.69, 9.17) is 0 Å². The summed E-state index contributed by atoms with van der Waals surface area (Å²) in [6.45, 7) is 0. The number of azo groups is 1. The molecule has 3 aromatic carbocycles. The van der Waals surface area contributed by atoms with Crippen molar-refractivity contribution in [1.82, 2.24) is 0 Å². The summed E-state index contributed by atoms with van der Waals surface area (Å²) in [6, 6.07) is 21.8. The fourth-order valence-corrected chi connectivity index (χ4v) is 2.51. The third-order valence-corrected chi connectivity index (χ3v) is 4.32. The lowest BCUT2D eigenvalue weighted by Gasteiger charge is -1.98. The Balaban J connectivity index is 1.66. The van der Waals surface area contributed by atoms with Gasteiger partial charge in [-0.2, -0.15) is 10.2 Å². The van der Waals surface area contributed by atoms with Crippen LogP contribution in [0.2, 0.25) is 0 Å². The Labute approximate surface area is 161 Å². The van der Waals surface area contributed by atoms with Gasteiger partial charge in [0.25, 0.3) is 5.69 Å². The van der Waals surface area contributed by atoms with Crippen LogP contribution in [0.5, 0.6) is 0 Å². The van der Waals surface area contributed by atoms with E-state index in [1.165, 1.54) is 0 Å². The molecule has 0 fully saturated rings. The van der Waals surface area contributed by atoms with E-state index in [-0.39, 0.29) is 0 Å². The summed E-state index contributed by atoms with van der Waals surface area (Å²) in [5, 5.41) is 8.32. The molecule has 0 aliphatic rings. The molecule has 0 aliphatic heterocycles. The van der Waals surface area contributed by atoms with Crippen molar-refractivity contribution >= 4 is 54.6 Å². The van der Waals surface area contributed by atoms with Crippen LogP contribution in [0.3, 0.4) is 0 Å². The molecular formula is C18H13Br2N4O+. The Morgan fingerprint density at radius 2 is 1.12 bits per heavy atom. The summed E-state index contributed by atoms with van der Waals surface area (Å²) in [6.07, 6.45) is 0. The Morgan fingerprint density at radius 3 is 1.64 bits per heavy atom. The molecule has 0 saturated heterocycles. The largest absolute Gasteiger partial charge is 0.292 e. The lowest BCUT2D eigenvalue weighted by molar-refractivity contribution is -0.427. The fourth-order valence-electron chi connectivity index (χ4n) is 1.98. The van der Waals surface area contributed by atoms with Gasteiger partial charge in [-0.05, 0) is 60.7 Å². The van der Waals surface area contributed by atoms with Gasteiger partial charge in [0, 0.05) is 21.1 Å².